The van der Waals surface area contributed by atoms with Crippen molar-refractivity contribution in [2.24, 2.45) is 19.5 Å². The normalized spacial score (nSPS) is 12.9. The molecule has 0 bridgehead atoms. The first-order valence-corrected chi connectivity index (χ1v) is 8.06. The second-order valence-electron chi connectivity index (χ2n) is 7.56. The Hall–Kier alpha value is -2.58. The number of rotatable bonds is 2. The fraction of sp³-hybridized carbons (Fsp3) is 0.471. The zero-order valence-corrected chi connectivity index (χ0v) is 15.2. The second-order valence-corrected chi connectivity index (χ2v) is 7.56. The molecule has 3 aromatic heterocycles. The van der Waals surface area contributed by atoms with Gasteiger partial charge in [0.25, 0.3) is 0 Å². The van der Waals surface area contributed by atoms with Crippen LogP contribution in [0, 0.1) is 5.41 Å². The number of halogens is 3. The summed E-state index contributed by atoms with van der Waals surface area (Å²) in [6, 6.07) is 4.28. The van der Waals surface area contributed by atoms with Crippen LogP contribution in [0.2, 0.25) is 0 Å². The van der Waals surface area contributed by atoms with Crippen LogP contribution in [0.4, 0.5) is 13.2 Å². The van der Waals surface area contributed by atoms with E-state index in [0.717, 1.165) is 10.7 Å². The van der Waals surface area contributed by atoms with Gasteiger partial charge in [0.05, 0.1) is 16.9 Å². The Morgan fingerprint density at radius 3 is 2.31 bits per heavy atom. The third kappa shape index (κ3) is 3.13. The summed E-state index contributed by atoms with van der Waals surface area (Å²) in [7, 11) is 3.03. The largest absolute Gasteiger partial charge is 0.435 e. The molecule has 0 saturated carbocycles. The Morgan fingerprint density at radius 2 is 1.77 bits per heavy atom. The van der Waals surface area contributed by atoms with E-state index in [-0.39, 0.29) is 16.8 Å². The molecule has 0 saturated heterocycles. The lowest BCUT2D eigenvalue weighted by Crippen LogP contribution is -2.27. The fourth-order valence-corrected chi connectivity index (χ4v) is 2.89. The Labute approximate surface area is 147 Å². The number of hydrogen-bond acceptors (Lipinski definition) is 3. The minimum absolute atomic E-state index is 0.111. The summed E-state index contributed by atoms with van der Waals surface area (Å²) >= 11 is 0. The Bertz CT molecular complexity index is 1030. The molecule has 3 heterocycles. The predicted octanol–water partition coefficient (Wildman–Crippen LogP) is 3.20. The molecule has 140 valence electrons. The standard InChI is InChI=1S/C17H20F3N5O/c1-16(2,3)9-25-11-7-6-10(21-14(11)23(4)15(25)26)12-8-13(17(18,19)20)22-24(12)5/h6-8H,9H2,1-5H3. The third-order valence-electron chi connectivity index (χ3n) is 4.05. The Balaban J connectivity index is 2.16. The van der Waals surface area contributed by atoms with Gasteiger partial charge >= 0.3 is 11.9 Å². The molecule has 9 heteroatoms. The summed E-state index contributed by atoms with van der Waals surface area (Å²) < 4.78 is 42.8. The van der Waals surface area contributed by atoms with Crippen molar-refractivity contribution in [1.29, 1.82) is 0 Å². The predicted molar refractivity (Wildman–Crippen MR) is 91.6 cm³/mol. The van der Waals surface area contributed by atoms with Gasteiger partial charge in [-0.05, 0) is 23.6 Å². The van der Waals surface area contributed by atoms with Crippen LogP contribution in [0.15, 0.2) is 23.0 Å². The average molecular weight is 367 g/mol. The highest BCUT2D eigenvalue weighted by Gasteiger charge is 2.35. The quantitative estimate of drug-likeness (QED) is 0.699. The van der Waals surface area contributed by atoms with E-state index in [1.54, 1.807) is 23.7 Å². The highest BCUT2D eigenvalue weighted by Crippen LogP contribution is 2.31. The van der Waals surface area contributed by atoms with Crippen molar-refractivity contribution < 1.29 is 13.2 Å². The first-order chi connectivity index (χ1) is 11.9. The fourth-order valence-electron chi connectivity index (χ4n) is 2.89. The van der Waals surface area contributed by atoms with Gasteiger partial charge in [0.2, 0.25) is 0 Å². The molecule has 0 aromatic carbocycles. The van der Waals surface area contributed by atoms with Gasteiger partial charge in [0, 0.05) is 20.6 Å². The Kier molecular flexibility index (Phi) is 4.01. The minimum atomic E-state index is -4.52. The first kappa shape index (κ1) is 18.2. The van der Waals surface area contributed by atoms with Gasteiger partial charge in [-0.25, -0.2) is 9.78 Å². The molecule has 0 amide bonds. The molecule has 0 unspecified atom stereocenters. The number of alkyl halides is 3. The SMILES string of the molecule is Cn1nc(C(F)(F)F)cc1-c1ccc2c(n1)n(C)c(=O)n2CC(C)(C)C. The number of nitrogens with zero attached hydrogens (tertiary/aromatic N) is 5. The monoisotopic (exact) mass is 367 g/mol. The van der Waals surface area contributed by atoms with E-state index in [2.05, 4.69) is 10.1 Å². The molecule has 0 aliphatic rings. The van der Waals surface area contributed by atoms with Gasteiger partial charge in [0.1, 0.15) is 0 Å². The van der Waals surface area contributed by atoms with Crippen LogP contribution in [-0.4, -0.2) is 23.9 Å². The lowest BCUT2D eigenvalue weighted by atomic mass is 9.97. The molecule has 0 N–H and O–H groups in total. The molecule has 0 spiro atoms. The lowest BCUT2D eigenvalue weighted by molar-refractivity contribution is -0.141. The van der Waals surface area contributed by atoms with E-state index in [1.807, 2.05) is 20.8 Å². The van der Waals surface area contributed by atoms with E-state index in [9.17, 15) is 18.0 Å². The molecule has 3 aromatic rings. The maximum absolute atomic E-state index is 12.9. The van der Waals surface area contributed by atoms with Crippen molar-refractivity contribution in [3.05, 3.63) is 34.4 Å². The van der Waals surface area contributed by atoms with Gasteiger partial charge in [0.15, 0.2) is 11.3 Å². The van der Waals surface area contributed by atoms with Crippen molar-refractivity contribution >= 4 is 11.2 Å². The number of pyridine rings is 1. The van der Waals surface area contributed by atoms with E-state index >= 15 is 0 Å². The molecule has 0 radical (unpaired) electrons. The van der Waals surface area contributed by atoms with Crippen LogP contribution in [-0.2, 0) is 26.8 Å². The zero-order valence-electron chi connectivity index (χ0n) is 15.2. The summed E-state index contributed by atoms with van der Waals surface area (Å²) in [4.78, 5) is 17.0. The average Bonchev–Trinajstić information content (AvgIpc) is 3.00. The van der Waals surface area contributed by atoms with Crippen molar-refractivity contribution in [2.45, 2.75) is 33.5 Å². The maximum Gasteiger partial charge on any atom is 0.435 e. The van der Waals surface area contributed by atoms with Crippen LogP contribution in [0.25, 0.3) is 22.6 Å². The summed E-state index contributed by atoms with van der Waals surface area (Å²) in [6.45, 7) is 6.57. The van der Waals surface area contributed by atoms with E-state index in [0.29, 0.717) is 23.4 Å². The zero-order chi connectivity index (χ0) is 19.4. The molecule has 0 aliphatic carbocycles. The summed E-state index contributed by atoms with van der Waals surface area (Å²) in [6.07, 6.45) is -4.52. The molecule has 0 aliphatic heterocycles. The summed E-state index contributed by atoms with van der Waals surface area (Å²) in [5.41, 5.74) is 0.333. The van der Waals surface area contributed by atoms with Crippen LogP contribution in [0.1, 0.15) is 26.5 Å². The van der Waals surface area contributed by atoms with Gasteiger partial charge in [-0.1, -0.05) is 20.8 Å². The molecule has 0 atom stereocenters. The highest BCUT2D eigenvalue weighted by atomic mass is 19.4. The van der Waals surface area contributed by atoms with Crippen molar-refractivity contribution in [1.82, 2.24) is 23.9 Å². The van der Waals surface area contributed by atoms with E-state index in [1.165, 1.54) is 11.6 Å². The highest BCUT2D eigenvalue weighted by molar-refractivity contribution is 5.75. The molecular weight excluding hydrogens is 347 g/mol. The van der Waals surface area contributed by atoms with Crippen LogP contribution >= 0.6 is 0 Å². The minimum Gasteiger partial charge on any atom is -0.290 e. The van der Waals surface area contributed by atoms with Crippen LogP contribution in [0.5, 0.6) is 0 Å². The smallest absolute Gasteiger partial charge is 0.290 e. The molecule has 6 nitrogen and oxygen atoms in total. The van der Waals surface area contributed by atoms with Crippen molar-refractivity contribution in [3.8, 4) is 11.4 Å². The third-order valence-corrected chi connectivity index (χ3v) is 4.05. The maximum atomic E-state index is 12.9. The van der Waals surface area contributed by atoms with E-state index < -0.39 is 11.9 Å². The molecule has 26 heavy (non-hydrogen) atoms. The van der Waals surface area contributed by atoms with Crippen LogP contribution in [0.3, 0.4) is 0 Å². The van der Waals surface area contributed by atoms with Crippen LogP contribution < -0.4 is 5.69 Å². The van der Waals surface area contributed by atoms with Gasteiger partial charge in [-0.2, -0.15) is 18.3 Å². The van der Waals surface area contributed by atoms with Gasteiger partial charge < -0.3 is 0 Å². The van der Waals surface area contributed by atoms with Crippen molar-refractivity contribution in [3.63, 3.8) is 0 Å². The van der Waals surface area contributed by atoms with Gasteiger partial charge in [-0.3, -0.25) is 13.8 Å². The second kappa shape index (κ2) is 5.72. The topological polar surface area (TPSA) is 57.6 Å². The summed E-state index contributed by atoms with van der Waals surface area (Å²) in [5, 5.41) is 3.51. The summed E-state index contributed by atoms with van der Waals surface area (Å²) in [5.74, 6) is 0. The number of aryl methyl sites for hydroxylation is 2. The lowest BCUT2D eigenvalue weighted by Gasteiger charge is -2.18. The van der Waals surface area contributed by atoms with E-state index in [4.69, 9.17) is 0 Å². The Morgan fingerprint density at radius 1 is 1.12 bits per heavy atom. The number of hydrogen-bond donors (Lipinski definition) is 0. The first-order valence-electron chi connectivity index (χ1n) is 8.06. The molecular formula is C17H20F3N5O. The van der Waals surface area contributed by atoms with Crippen molar-refractivity contribution in [2.75, 3.05) is 0 Å². The molecule has 3 rings (SSSR count). The number of imidazole rings is 1. The van der Waals surface area contributed by atoms with Gasteiger partial charge in [-0.15, -0.1) is 0 Å². The number of fused-ring (bicyclic) bond motifs is 1. The number of aromatic nitrogens is 5. The molecule has 0 fully saturated rings.